The van der Waals surface area contributed by atoms with Crippen molar-refractivity contribution in [3.05, 3.63) is 23.7 Å². The number of hydrogen-bond acceptors (Lipinski definition) is 5. The molecule has 112 valence electrons. The van der Waals surface area contributed by atoms with Gasteiger partial charge < -0.3 is 19.7 Å². The summed E-state index contributed by atoms with van der Waals surface area (Å²) < 4.78 is 4.95. The molecule has 0 aliphatic carbocycles. The van der Waals surface area contributed by atoms with Crippen molar-refractivity contribution in [1.29, 1.82) is 0 Å². The van der Waals surface area contributed by atoms with Crippen molar-refractivity contribution in [3.8, 4) is 0 Å². The molecule has 9 nitrogen and oxygen atoms in total. The topological polar surface area (TPSA) is 120 Å². The second kappa shape index (κ2) is 5.65. The molecule has 0 saturated carbocycles. The lowest BCUT2D eigenvalue weighted by Gasteiger charge is -2.13. The second-order valence-electron chi connectivity index (χ2n) is 4.47. The predicted molar refractivity (Wildman–Crippen MR) is 67.3 cm³/mol. The Morgan fingerprint density at radius 2 is 2.10 bits per heavy atom. The van der Waals surface area contributed by atoms with Crippen LogP contribution < -0.4 is 5.32 Å². The Labute approximate surface area is 119 Å². The Morgan fingerprint density at radius 1 is 1.38 bits per heavy atom. The van der Waals surface area contributed by atoms with Gasteiger partial charge in [-0.1, -0.05) is 0 Å². The van der Waals surface area contributed by atoms with Crippen LogP contribution in [0.4, 0.5) is 4.79 Å². The minimum Gasteiger partial charge on any atom is -0.475 e. The molecule has 0 aromatic carbocycles. The third kappa shape index (κ3) is 3.19. The van der Waals surface area contributed by atoms with Crippen LogP contribution in [-0.4, -0.2) is 58.9 Å². The Morgan fingerprint density at radius 3 is 2.62 bits per heavy atom. The standard InChI is InChI=1S/C12H13N3O6/c1-14-6-10(17)15(12(14)20)5-9(16)13-4-7-2-3-8(21-7)11(18)19/h2-3H,4-6H2,1H3,(H,13,16)(H,18,19). The highest BCUT2D eigenvalue weighted by Gasteiger charge is 2.34. The third-order valence-electron chi connectivity index (χ3n) is 2.86. The molecule has 4 amide bonds. The molecule has 1 aromatic heterocycles. The van der Waals surface area contributed by atoms with Crippen LogP contribution in [0.3, 0.4) is 0 Å². The van der Waals surface area contributed by atoms with Crippen molar-refractivity contribution in [2.75, 3.05) is 20.1 Å². The molecule has 2 N–H and O–H groups in total. The van der Waals surface area contributed by atoms with E-state index in [1.807, 2.05) is 0 Å². The zero-order chi connectivity index (χ0) is 15.6. The predicted octanol–water partition coefficient (Wildman–Crippen LogP) is -0.512. The first-order chi connectivity index (χ1) is 9.88. The Kier molecular flexibility index (Phi) is 3.92. The van der Waals surface area contributed by atoms with Gasteiger partial charge in [0.25, 0.3) is 5.91 Å². The van der Waals surface area contributed by atoms with Crippen LogP contribution in [-0.2, 0) is 16.1 Å². The number of carboxylic acids is 1. The quantitative estimate of drug-likeness (QED) is 0.706. The van der Waals surface area contributed by atoms with E-state index in [2.05, 4.69) is 5.32 Å². The maximum Gasteiger partial charge on any atom is 0.371 e. The number of furan rings is 1. The van der Waals surface area contributed by atoms with Gasteiger partial charge in [0, 0.05) is 7.05 Å². The van der Waals surface area contributed by atoms with Gasteiger partial charge in [-0.15, -0.1) is 0 Å². The van der Waals surface area contributed by atoms with Crippen molar-refractivity contribution in [1.82, 2.24) is 15.1 Å². The molecule has 1 aliphatic heterocycles. The number of rotatable bonds is 5. The Bertz CT molecular complexity index is 608. The lowest BCUT2D eigenvalue weighted by Crippen LogP contribution is -2.40. The van der Waals surface area contributed by atoms with E-state index in [0.29, 0.717) is 0 Å². The Balaban J connectivity index is 1.86. The van der Waals surface area contributed by atoms with Gasteiger partial charge in [-0.3, -0.25) is 14.5 Å². The lowest BCUT2D eigenvalue weighted by atomic mass is 10.4. The summed E-state index contributed by atoms with van der Waals surface area (Å²) in [7, 11) is 1.47. The largest absolute Gasteiger partial charge is 0.475 e. The summed E-state index contributed by atoms with van der Waals surface area (Å²) in [6.07, 6.45) is 0. The zero-order valence-electron chi connectivity index (χ0n) is 11.2. The summed E-state index contributed by atoms with van der Waals surface area (Å²) in [5, 5.41) is 11.1. The van der Waals surface area contributed by atoms with Gasteiger partial charge in [-0.25, -0.2) is 9.59 Å². The van der Waals surface area contributed by atoms with E-state index in [9.17, 15) is 19.2 Å². The van der Waals surface area contributed by atoms with Gasteiger partial charge in [0.05, 0.1) is 6.54 Å². The first-order valence-electron chi connectivity index (χ1n) is 6.02. The van der Waals surface area contributed by atoms with Gasteiger partial charge in [-0.05, 0) is 12.1 Å². The maximum atomic E-state index is 11.7. The molecule has 1 aromatic rings. The lowest BCUT2D eigenvalue weighted by molar-refractivity contribution is -0.130. The molecular weight excluding hydrogens is 282 g/mol. The average Bonchev–Trinajstić information content (AvgIpc) is 2.98. The molecule has 0 bridgehead atoms. The van der Waals surface area contributed by atoms with Crippen molar-refractivity contribution in [2.24, 2.45) is 0 Å². The van der Waals surface area contributed by atoms with Crippen LogP contribution in [0.1, 0.15) is 16.3 Å². The van der Waals surface area contributed by atoms with Gasteiger partial charge in [-0.2, -0.15) is 0 Å². The molecular formula is C12H13N3O6. The second-order valence-corrected chi connectivity index (χ2v) is 4.47. The Hall–Kier alpha value is -2.84. The highest BCUT2D eigenvalue weighted by molar-refractivity contribution is 6.04. The van der Waals surface area contributed by atoms with Gasteiger partial charge >= 0.3 is 12.0 Å². The van der Waals surface area contributed by atoms with Crippen LogP contribution in [0.15, 0.2) is 16.5 Å². The molecule has 0 atom stereocenters. The number of nitrogens with one attached hydrogen (secondary N) is 1. The fourth-order valence-corrected chi connectivity index (χ4v) is 1.80. The normalized spacial score (nSPS) is 14.7. The van der Waals surface area contributed by atoms with Crippen LogP contribution in [0.5, 0.6) is 0 Å². The molecule has 0 unspecified atom stereocenters. The SMILES string of the molecule is CN1CC(=O)N(CC(=O)NCc2ccc(C(=O)O)o2)C1=O. The van der Waals surface area contributed by atoms with E-state index >= 15 is 0 Å². The highest BCUT2D eigenvalue weighted by atomic mass is 16.4. The number of nitrogens with zero attached hydrogens (tertiary/aromatic N) is 2. The fraction of sp³-hybridized carbons (Fsp3) is 0.333. The maximum absolute atomic E-state index is 11.7. The number of imide groups is 1. The van der Waals surface area contributed by atoms with Crippen molar-refractivity contribution < 1.29 is 28.7 Å². The van der Waals surface area contributed by atoms with E-state index in [-0.39, 0.29) is 31.2 Å². The number of carbonyl (C=O) groups excluding carboxylic acids is 3. The minimum absolute atomic E-state index is 0.0296. The first kappa shape index (κ1) is 14.6. The van der Waals surface area contributed by atoms with Crippen molar-refractivity contribution in [3.63, 3.8) is 0 Å². The van der Waals surface area contributed by atoms with E-state index in [1.165, 1.54) is 24.1 Å². The highest BCUT2D eigenvalue weighted by Crippen LogP contribution is 2.09. The minimum atomic E-state index is -1.20. The molecule has 2 rings (SSSR count). The summed E-state index contributed by atoms with van der Waals surface area (Å²) in [4.78, 5) is 47.4. The van der Waals surface area contributed by atoms with Crippen molar-refractivity contribution in [2.45, 2.75) is 6.54 Å². The number of carboxylic acid groups (broad SMARTS) is 1. The molecule has 0 spiro atoms. The number of amides is 4. The molecule has 21 heavy (non-hydrogen) atoms. The molecule has 1 aliphatic rings. The van der Waals surface area contributed by atoms with Gasteiger partial charge in [0.2, 0.25) is 11.7 Å². The summed E-state index contributed by atoms with van der Waals surface area (Å²) in [5.74, 6) is -2.16. The number of urea groups is 1. The molecule has 1 fully saturated rings. The van der Waals surface area contributed by atoms with Crippen molar-refractivity contribution >= 4 is 23.8 Å². The average molecular weight is 295 g/mol. The van der Waals surface area contributed by atoms with Crippen LogP contribution in [0, 0.1) is 0 Å². The summed E-state index contributed by atoms with van der Waals surface area (Å²) in [6, 6.07) is 2.16. The molecule has 9 heteroatoms. The molecule has 1 saturated heterocycles. The van der Waals surface area contributed by atoms with E-state index in [0.717, 1.165) is 4.90 Å². The number of hydrogen-bond donors (Lipinski definition) is 2. The summed E-state index contributed by atoms with van der Waals surface area (Å²) in [5.41, 5.74) is 0. The number of aromatic carboxylic acids is 1. The zero-order valence-corrected chi connectivity index (χ0v) is 11.2. The third-order valence-corrected chi connectivity index (χ3v) is 2.86. The van der Waals surface area contributed by atoms with Gasteiger partial charge in [0.15, 0.2) is 0 Å². The molecule has 2 heterocycles. The van der Waals surface area contributed by atoms with Crippen LogP contribution in [0.2, 0.25) is 0 Å². The smallest absolute Gasteiger partial charge is 0.371 e. The number of carbonyl (C=O) groups is 4. The monoisotopic (exact) mass is 295 g/mol. The van der Waals surface area contributed by atoms with Crippen LogP contribution >= 0.6 is 0 Å². The fourth-order valence-electron chi connectivity index (χ4n) is 1.80. The van der Waals surface area contributed by atoms with Crippen LogP contribution in [0.25, 0.3) is 0 Å². The van der Waals surface area contributed by atoms with E-state index < -0.39 is 23.8 Å². The number of likely N-dealkylation sites (N-methyl/N-ethyl adjacent to an activating group) is 1. The first-order valence-corrected chi connectivity index (χ1v) is 6.02. The summed E-state index contributed by atoms with van der Waals surface area (Å²) >= 11 is 0. The van der Waals surface area contributed by atoms with Gasteiger partial charge in [0.1, 0.15) is 18.8 Å². The van der Waals surface area contributed by atoms with E-state index in [1.54, 1.807) is 0 Å². The summed E-state index contributed by atoms with van der Waals surface area (Å²) in [6.45, 7) is -0.459. The molecule has 0 radical (unpaired) electrons. The van der Waals surface area contributed by atoms with E-state index in [4.69, 9.17) is 9.52 Å².